The van der Waals surface area contributed by atoms with Gasteiger partial charge in [-0.15, -0.1) is 0 Å². The molecule has 1 saturated heterocycles. The molecule has 0 atom stereocenters. The minimum atomic E-state index is -0.874. The summed E-state index contributed by atoms with van der Waals surface area (Å²) < 4.78 is 53.6. The Morgan fingerprint density at radius 1 is 0.722 bits per heavy atom. The van der Waals surface area contributed by atoms with E-state index in [0.717, 1.165) is 43.1 Å². The number of fused-ring (bicyclic) bond motifs is 1. The molecule has 36 heavy (non-hydrogen) atoms. The zero-order chi connectivity index (χ0) is 25.3. The van der Waals surface area contributed by atoms with Crippen molar-refractivity contribution < 1.29 is 22.6 Å². The Labute approximate surface area is 212 Å². The maximum Gasteiger partial charge on any atom is 0.159 e. The van der Waals surface area contributed by atoms with Gasteiger partial charge >= 0.3 is 0 Å². The smallest absolute Gasteiger partial charge is 0.159 e. The molecule has 0 radical (unpaired) electrons. The Balaban J connectivity index is 1.26. The minimum Gasteiger partial charge on any atom is -0.352 e. The second-order valence-corrected chi connectivity index (χ2v) is 10.0. The molecule has 3 aromatic carbocycles. The Hall–Kier alpha value is -2.37. The number of rotatable bonds is 12. The van der Waals surface area contributed by atoms with Gasteiger partial charge in [0.2, 0.25) is 0 Å². The number of benzene rings is 3. The van der Waals surface area contributed by atoms with Crippen LogP contribution >= 0.6 is 0 Å². The first-order chi connectivity index (χ1) is 17.5. The standard InChI is InChI=1S/C31H37F3O2/c1-2-3-4-5-6-7-24-20-35-30(36-21-24)17-11-22-9-15-27-26(18-22)14-13-25(31(27)34)12-8-23-10-16-28(32)29(33)19-23/h9-10,13-16,18-19,24,30H,2-8,11-12,17,20-21H2,1H3. The molecule has 0 N–H and O–H groups in total. The molecular weight excluding hydrogens is 461 g/mol. The van der Waals surface area contributed by atoms with Gasteiger partial charge in [-0.3, -0.25) is 0 Å². The van der Waals surface area contributed by atoms with Gasteiger partial charge in [0.25, 0.3) is 0 Å². The molecule has 5 heteroatoms. The van der Waals surface area contributed by atoms with E-state index >= 15 is 4.39 Å². The summed E-state index contributed by atoms with van der Waals surface area (Å²) in [4.78, 5) is 0. The number of hydrogen-bond donors (Lipinski definition) is 0. The lowest BCUT2D eigenvalue weighted by Gasteiger charge is -2.29. The second kappa shape index (κ2) is 13.3. The van der Waals surface area contributed by atoms with Crippen molar-refractivity contribution in [1.29, 1.82) is 0 Å². The van der Waals surface area contributed by atoms with Crippen molar-refractivity contribution in [3.63, 3.8) is 0 Å². The van der Waals surface area contributed by atoms with E-state index < -0.39 is 11.6 Å². The van der Waals surface area contributed by atoms with Gasteiger partial charge in [-0.1, -0.05) is 75.4 Å². The highest BCUT2D eigenvalue weighted by Gasteiger charge is 2.22. The Kier molecular flexibility index (Phi) is 9.82. The fraction of sp³-hybridized carbons (Fsp3) is 0.484. The minimum absolute atomic E-state index is 0.174. The van der Waals surface area contributed by atoms with E-state index in [1.807, 2.05) is 24.3 Å². The zero-order valence-electron chi connectivity index (χ0n) is 21.2. The van der Waals surface area contributed by atoms with Crippen molar-refractivity contribution >= 4 is 10.8 Å². The third-order valence-corrected chi connectivity index (χ3v) is 7.19. The van der Waals surface area contributed by atoms with Crippen LogP contribution in [0, 0.1) is 23.4 Å². The molecule has 2 nitrogen and oxygen atoms in total. The average molecular weight is 499 g/mol. The van der Waals surface area contributed by atoms with E-state index in [1.165, 1.54) is 50.7 Å². The number of hydrogen-bond acceptors (Lipinski definition) is 2. The van der Waals surface area contributed by atoms with Crippen LogP contribution < -0.4 is 0 Å². The van der Waals surface area contributed by atoms with Crippen LogP contribution in [0.1, 0.15) is 68.6 Å². The van der Waals surface area contributed by atoms with Crippen molar-refractivity contribution in [2.24, 2.45) is 5.92 Å². The summed E-state index contributed by atoms with van der Waals surface area (Å²) in [5, 5.41) is 1.43. The fourth-order valence-electron chi connectivity index (χ4n) is 4.95. The second-order valence-electron chi connectivity index (χ2n) is 10.0. The molecule has 4 rings (SSSR count). The molecule has 1 aliphatic heterocycles. The topological polar surface area (TPSA) is 18.5 Å². The third kappa shape index (κ3) is 7.33. The first kappa shape index (κ1) is 26.7. The molecule has 194 valence electrons. The molecular formula is C31H37F3O2. The Morgan fingerprint density at radius 2 is 1.47 bits per heavy atom. The quantitative estimate of drug-likeness (QED) is 0.234. The predicted molar refractivity (Wildman–Crippen MR) is 139 cm³/mol. The highest BCUT2D eigenvalue weighted by atomic mass is 19.2. The molecule has 0 spiro atoms. The monoisotopic (exact) mass is 498 g/mol. The lowest BCUT2D eigenvalue weighted by molar-refractivity contribution is -0.203. The van der Waals surface area contributed by atoms with Gasteiger partial charge in [-0.25, -0.2) is 13.2 Å². The van der Waals surface area contributed by atoms with Gasteiger partial charge in [-0.05, 0) is 59.9 Å². The van der Waals surface area contributed by atoms with Crippen LogP contribution in [0.25, 0.3) is 10.8 Å². The largest absolute Gasteiger partial charge is 0.352 e. The van der Waals surface area contributed by atoms with Gasteiger partial charge in [0.15, 0.2) is 17.9 Å². The van der Waals surface area contributed by atoms with E-state index in [-0.39, 0.29) is 12.1 Å². The summed E-state index contributed by atoms with van der Waals surface area (Å²) >= 11 is 0. The summed E-state index contributed by atoms with van der Waals surface area (Å²) in [5.41, 5.74) is 2.35. The summed E-state index contributed by atoms with van der Waals surface area (Å²) in [6, 6.07) is 13.4. The van der Waals surface area contributed by atoms with Crippen molar-refractivity contribution in [2.45, 2.75) is 77.4 Å². The molecule has 1 heterocycles. The van der Waals surface area contributed by atoms with Crippen molar-refractivity contribution in [3.8, 4) is 0 Å². The highest BCUT2D eigenvalue weighted by Crippen LogP contribution is 2.26. The molecule has 0 unspecified atom stereocenters. The zero-order valence-corrected chi connectivity index (χ0v) is 21.2. The predicted octanol–water partition coefficient (Wildman–Crippen LogP) is 8.32. The summed E-state index contributed by atoms with van der Waals surface area (Å²) in [6.07, 6.45) is 9.92. The van der Waals surface area contributed by atoms with Crippen LogP contribution in [0.15, 0.2) is 48.5 Å². The number of unbranched alkanes of at least 4 members (excludes halogenated alkanes) is 4. The highest BCUT2D eigenvalue weighted by molar-refractivity contribution is 5.84. The number of ether oxygens (including phenoxy) is 2. The van der Waals surface area contributed by atoms with Crippen LogP contribution in [0.4, 0.5) is 13.2 Å². The van der Waals surface area contributed by atoms with E-state index in [9.17, 15) is 8.78 Å². The van der Waals surface area contributed by atoms with Gasteiger partial charge in [0.05, 0.1) is 13.2 Å². The third-order valence-electron chi connectivity index (χ3n) is 7.19. The SMILES string of the molecule is CCCCCCCC1COC(CCc2ccc3c(F)c(CCc4ccc(F)c(F)c4)ccc3c2)OC1. The molecule has 1 aliphatic rings. The first-order valence-corrected chi connectivity index (χ1v) is 13.4. The maximum absolute atomic E-state index is 15.1. The molecule has 0 aromatic heterocycles. The van der Waals surface area contributed by atoms with E-state index in [1.54, 1.807) is 6.07 Å². The van der Waals surface area contributed by atoms with Gasteiger partial charge in [0, 0.05) is 17.7 Å². The van der Waals surface area contributed by atoms with Crippen molar-refractivity contribution in [3.05, 3.63) is 82.7 Å². The number of aryl methyl sites for hydroxylation is 3. The normalized spacial score (nSPS) is 18.1. The van der Waals surface area contributed by atoms with Crippen LogP contribution in [0.5, 0.6) is 0 Å². The van der Waals surface area contributed by atoms with Crippen LogP contribution in [0.2, 0.25) is 0 Å². The van der Waals surface area contributed by atoms with Gasteiger partial charge in [0.1, 0.15) is 5.82 Å². The van der Waals surface area contributed by atoms with Gasteiger partial charge < -0.3 is 9.47 Å². The average Bonchev–Trinajstić information content (AvgIpc) is 2.89. The molecule has 0 saturated carbocycles. The van der Waals surface area contributed by atoms with E-state index in [2.05, 4.69) is 6.92 Å². The lowest BCUT2D eigenvalue weighted by Crippen LogP contribution is -2.32. The van der Waals surface area contributed by atoms with Crippen LogP contribution in [-0.4, -0.2) is 19.5 Å². The number of halogens is 3. The molecule has 3 aromatic rings. The fourth-order valence-corrected chi connectivity index (χ4v) is 4.95. The van der Waals surface area contributed by atoms with Crippen LogP contribution in [0.3, 0.4) is 0 Å². The molecule has 0 bridgehead atoms. The van der Waals surface area contributed by atoms with E-state index in [0.29, 0.717) is 35.3 Å². The first-order valence-electron chi connectivity index (χ1n) is 13.4. The van der Waals surface area contributed by atoms with Crippen LogP contribution in [-0.2, 0) is 28.7 Å². The lowest BCUT2D eigenvalue weighted by atomic mass is 9.98. The van der Waals surface area contributed by atoms with Crippen molar-refractivity contribution in [2.75, 3.05) is 13.2 Å². The summed E-state index contributed by atoms with van der Waals surface area (Å²) in [6.45, 7) is 3.78. The maximum atomic E-state index is 15.1. The van der Waals surface area contributed by atoms with Gasteiger partial charge in [-0.2, -0.15) is 0 Å². The molecule has 0 amide bonds. The van der Waals surface area contributed by atoms with E-state index in [4.69, 9.17) is 9.47 Å². The Bertz CT molecular complexity index is 1120. The summed E-state index contributed by atoms with van der Waals surface area (Å²) in [5.74, 6) is -1.49. The molecule has 0 aliphatic carbocycles. The van der Waals surface area contributed by atoms with Crippen molar-refractivity contribution in [1.82, 2.24) is 0 Å². The Morgan fingerprint density at radius 3 is 2.25 bits per heavy atom. The summed E-state index contributed by atoms with van der Waals surface area (Å²) in [7, 11) is 0. The molecule has 1 fully saturated rings.